The molecular weight excluding hydrogens is 290 g/mol. The van der Waals surface area contributed by atoms with Gasteiger partial charge in [-0.25, -0.2) is 9.98 Å². The minimum Gasteiger partial charge on any atom is -0.334 e. The molecule has 0 aliphatic carbocycles. The molecule has 1 atom stereocenters. The summed E-state index contributed by atoms with van der Waals surface area (Å²) in [6.45, 7) is 3.48. The van der Waals surface area contributed by atoms with Crippen molar-refractivity contribution in [2.75, 3.05) is 19.6 Å². The van der Waals surface area contributed by atoms with Crippen molar-refractivity contribution in [3.8, 4) is 0 Å². The minimum absolute atomic E-state index is 0.0635. The van der Waals surface area contributed by atoms with Gasteiger partial charge >= 0.3 is 0 Å². The zero-order valence-electron chi connectivity index (χ0n) is 13.3. The summed E-state index contributed by atoms with van der Waals surface area (Å²) in [7, 11) is 2.01. The highest BCUT2D eigenvalue weighted by molar-refractivity contribution is 5.88. The summed E-state index contributed by atoms with van der Waals surface area (Å²) in [5.41, 5.74) is 6.10. The molecule has 1 unspecified atom stereocenters. The molecule has 0 amide bonds. The van der Waals surface area contributed by atoms with E-state index in [1.165, 1.54) is 25.9 Å². The number of amidine groups is 1. The second-order valence-electron chi connectivity index (χ2n) is 7.08. The lowest BCUT2D eigenvalue weighted by Gasteiger charge is -2.49. The SMILES string of the molecule is Cn1cnc2ccc(N=C3CC4(CN5CCC4CC5)ON3)cc21. The molecular formula is C17H21N5O. The van der Waals surface area contributed by atoms with Crippen molar-refractivity contribution in [2.45, 2.75) is 24.9 Å². The van der Waals surface area contributed by atoms with Crippen LogP contribution in [0.15, 0.2) is 29.5 Å². The fourth-order valence-electron chi connectivity index (χ4n) is 4.36. The summed E-state index contributed by atoms with van der Waals surface area (Å²) >= 11 is 0. The number of hydroxylamine groups is 1. The first-order chi connectivity index (χ1) is 11.2. The van der Waals surface area contributed by atoms with Crippen LogP contribution in [0.1, 0.15) is 19.3 Å². The van der Waals surface area contributed by atoms with Crippen molar-refractivity contribution in [3.05, 3.63) is 24.5 Å². The number of fused-ring (bicyclic) bond motifs is 3. The molecule has 23 heavy (non-hydrogen) atoms. The number of benzene rings is 1. The highest BCUT2D eigenvalue weighted by Gasteiger charge is 2.52. The molecule has 2 aromatic rings. The average molecular weight is 311 g/mol. The van der Waals surface area contributed by atoms with Gasteiger partial charge in [0.15, 0.2) is 0 Å². The Morgan fingerprint density at radius 3 is 3.00 bits per heavy atom. The van der Waals surface area contributed by atoms with Crippen LogP contribution >= 0.6 is 0 Å². The summed E-state index contributed by atoms with van der Waals surface area (Å²) in [5, 5.41) is 0. The molecule has 4 aliphatic heterocycles. The molecule has 1 N–H and O–H groups in total. The molecule has 2 bridgehead atoms. The van der Waals surface area contributed by atoms with E-state index in [0.29, 0.717) is 5.92 Å². The second-order valence-corrected chi connectivity index (χ2v) is 7.08. The normalized spacial score (nSPS) is 34.6. The Hall–Kier alpha value is -1.92. The predicted octanol–water partition coefficient (Wildman–Crippen LogP) is 1.99. The third-order valence-electron chi connectivity index (χ3n) is 5.63. The van der Waals surface area contributed by atoms with E-state index in [4.69, 9.17) is 9.83 Å². The number of nitrogens with one attached hydrogen (secondary N) is 1. The van der Waals surface area contributed by atoms with E-state index < -0.39 is 0 Å². The van der Waals surface area contributed by atoms with Gasteiger partial charge in [0, 0.05) is 20.0 Å². The number of hydrogen-bond donors (Lipinski definition) is 1. The van der Waals surface area contributed by atoms with Gasteiger partial charge in [-0.1, -0.05) is 0 Å². The van der Waals surface area contributed by atoms with Crippen molar-refractivity contribution < 1.29 is 4.84 Å². The van der Waals surface area contributed by atoms with Gasteiger partial charge in [0.05, 0.1) is 23.0 Å². The molecule has 4 aliphatic rings. The third kappa shape index (κ3) is 2.09. The fourth-order valence-corrected chi connectivity index (χ4v) is 4.36. The Labute approximate surface area is 135 Å². The Bertz CT molecular complexity index is 789. The number of rotatable bonds is 1. The Balaban J connectivity index is 1.43. The molecule has 1 aromatic carbocycles. The summed E-state index contributed by atoms with van der Waals surface area (Å²) in [6, 6.07) is 6.12. The molecule has 120 valence electrons. The lowest BCUT2D eigenvalue weighted by atomic mass is 9.74. The van der Waals surface area contributed by atoms with E-state index in [1.54, 1.807) is 0 Å². The van der Waals surface area contributed by atoms with Crippen LogP contribution in [0, 0.1) is 5.92 Å². The number of hydrogen-bond acceptors (Lipinski definition) is 4. The summed E-state index contributed by atoms with van der Waals surface area (Å²) in [5.74, 6) is 1.60. The maximum atomic E-state index is 6.06. The van der Waals surface area contributed by atoms with Gasteiger partial charge in [0.1, 0.15) is 11.4 Å². The zero-order chi connectivity index (χ0) is 15.4. The highest BCUT2D eigenvalue weighted by Crippen LogP contribution is 2.42. The highest BCUT2D eigenvalue weighted by atomic mass is 16.7. The lowest BCUT2D eigenvalue weighted by molar-refractivity contribution is -0.150. The second kappa shape index (κ2) is 4.79. The first-order valence-electron chi connectivity index (χ1n) is 8.37. The third-order valence-corrected chi connectivity index (χ3v) is 5.63. The average Bonchev–Trinajstić information content (AvgIpc) is 3.13. The molecule has 0 saturated carbocycles. The molecule has 5 heterocycles. The van der Waals surface area contributed by atoms with E-state index in [9.17, 15) is 0 Å². The number of aliphatic imine (C=N–C) groups is 1. The number of imidazole rings is 1. The van der Waals surface area contributed by atoms with Gasteiger partial charge in [0.2, 0.25) is 0 Å². The first kappa shape index (κ1) is 13.5. The van der Waals surface area contributed by atoms with E-state index in [1.807, 2.05) is 30.1 Å². The van der Waals surface area contributed by atoms with Crippen LogP contribution < -0.4 is 5.48 Å². The molecule has 1 spiro atoms. The Kier molecular flexibility index (Phi) is 2.81. The van der Waals surface area contributed by atoms with E-state index in [2.05, 4.69) is 21.4 Å². The smallest absolute Gasteiger partial charge is 0.129 e. The van der Waals surface area contributed by atoms with Gasteiger partial charge in [-0.2, -0.15) is 0 Å². The van der Waals surface area contributed by atoms with Crippen LogP contribution in [0.5, 0.6) is 0 Å². The van der Waals surface area contributed by atoms with Gasteiger partial charge in [-0.3, -0.25) is 10.3 Å². The maximum absolute atomic E-state index is 6.06. The minimum atomic E-state index is -0.0635. The van der Waals surface area contributed by atoms with Crippen LogP contribution in [0.2, 0.25) is 0 Å². The molecule has 6 nitrogen and oxygen atoms in total. The van der Waals surface area contributed by atoms with Gasteiger partial charge in [-0.15, -0.1) is 0 Å². The van der Waals surface area contributed by atoms with E-state index >= 15 is 0 Å². The monoisotopic (exact) mass is 311 g/mol. The van der Waals surface area contributed by atoms with Crippen LogP contribution in [-0.4, -0.2) is 45.5 Å². The van der Waals surface area contributed by atoms with Gasteiger partial charge in [-0.05, 0) is 50.0 Å². The van der Waals surface area contributed by atoms with Crippen LogP contribution in [0.3, 0.4) is 0 Å². The van der Waals surface area contributed by atoms with Crippen molar-refractivity contribution in [3.63, 3.8) is 0 Å². The van der Waals surface area contributed by atoms with Gasteiger partial charge < -0.3 is 9.47 Å². The largest absolute Gasteiger partial charge is 0.334 e. The van der Waals surface area contributed by atoms with Crippen LogP contribution in [0.25, 0.3) is 11.0 Å². The predicted molar refractivity (Wildman–Crippen MR) is 88.5 cm³/mol. The first-order valence-corrected chi connectivity index (χ1v) is 8.37. The summed E-state index contributed by atoms with van der Waals surface area (Å²) in [4.78, 5) is 17.7. The summed E-state index contributed by atoms with van der Waals surface area (Å²) in [6.07, 6.45) is 5.21. The number of aryl methyl sites for hydroxylation is 1. The maximum Gasteiger partial charge on any atom is 0.129 e. The molecule has 6 heteroatoms. The molecule has 0 radical (unpaired) electrons. The van der Waals surface area contributed by atoms with Crippen LogP contribution in [-0.2, 0) is 11.9 Å². The topological polar surface area (TPSA) is 54.7 Å². The standard InChI is InChI=1S/C17H21N5O/c1-21-11-18-14-3-2-13(8-15(14)21)19-16-9-17(23-20-16)10-22-6-4-12(17)5-7-22/h2-3,8,11-12H,4-7,9-10H2,1H3,(H,19,20). The van der Waals surface area contributed by atoms with Crippen LogP contribution in [0.4, 0.5) is 5.69 Å². The number of nitrogens with zero attached hydrogens (tertiary/aromatic N) is 4. The number of aromatic nitrogens is 2. The van der Waals surface area contributed by atoms with Gasteiger partial charge in [0.25, 0.3) is 0 Å². The number of piperidine rings is 3. The lowest BCUT2D eigenvalue weighted by Crippen LogP contribution is -2.59. The molecule has 1 aromatic heterocycles. The van der Waals surface area contributed by atoms with E-state index in [-0.39, 0.29) is 5.60 Å². The van der Waals surface area contributed by atoms with E-state index in [0.717, 1.165) is 35.5 Å². The zero-order valence-corrected chi connectivity index (χ0v) is 13.3. The molecule has 6 rings (SSSR count). The van der Waals surface area contributed by atoms with Crippen molar-refractivity contribution in [1.82, 2.24) is 19.9 Å². The van der Waals surface area contributed by atoms with Crippen molar-refractivity contribution in [1.29, 1.82) is 0 Å². The Morgan fingerprint density at radius 1 is 1.35 bits per heavy atom. The summed E-state index contributed by atoms with van der Waals surface area (Å²) < 4.78 is 2.02. The molecule has 4 fully saturated rings. The van der Waals surface area contributed by atoms with Crippen molar-refractivity contribution >= 4 is 22.6 Å². The quantitative estimate of drug-likeness (QED) is 0.875. The fraction of sp³-hybridized carbons (Fsp3) is 0.529. The molecule has 4 saturated heterocycles. The Morgan fingerprint density at radius 2 is 2.22 bits per heavy atom. The van der Waals surface area contributed by atoms with Crippen molar-refractivity contribution in [2.24, 2.45) is 18.0 Å².